The Labute approximate surface area is 174 Å². The molecule has 142 valence electrons. The molecule has 1 aromatic rings. The second-order valence-electron chi connectivity index (χ2n) is 7.19. The molecule has 5 nitrogen and oxygen atoms in total. The molecule has 2 rings (SSSR count). The normalized spacial score (nSPS) is 18.3. The number of hydrogen-bond acceptors (Lipinski definition) is 3. The number of aliphatic imine (C=N–C) groups is 1. The number of nitrogens with zero attached hydrogens (tertiary/aromatic N) is 3. The van der Waals surface area contributed by atoms with Crippen LogP contribution in [0.15, 0.2) is 29.3 Å². The van der Waals surface area contributed by atoms with Gasteiger partial charge in [-0.3, -0.25) is 4.99 Å². The second-order valence-corrected chi connectivity index (χ2v) is 7.62. The second kappa shape index (κ2) is 9.83. The number of guanidine groups is 1. The van der Waals surface area contributed by atoms with E-state index in [1.807, 2.05) is 25.2 Å². The average molecular weight is 480 g/mol. The highest BCUT2D eigenvalue weighted by molar-refractivity contribution is 14.0. The van der Waals surface area contributed by atoms with Gasteiger partial charge in [0.15, 0.2) is 5.96 Å². The quantitative estimate of drug-likeness (QED) is 0.387. The number of anilines is 1. The van der Waals surface area contributed by atoms with Crippen molar-refractivity contribution in [3.63, 3.8) is 0 Å². The van der Waals surface area contributed by atoms with Gasteiger partial charge in [-0.15, -0.1) is 24.0 Å². The first kappa shape index (κ1) is 22.3. The summed E-state index contributed by atoms with van der Waals surface area (Å²) in [6, 6.07) is 8.44. The van der Waals surface area contributed by atoms with Crippen molar-refractivity contribution in [2.75, 3.05) is 45.7 Å². The molecule has 2 N–H and O–H groups in total. The average Bonchev–Trinajstić information content (AvgIpc) is 3.00. The van der Waals surface area contributed by atoms with E-state index >= 15 is 0 Å². The van der Waals surface area contributed by atoms with Crippen LogP contribution in [-0.4, -0.2) is 63.2 Å². The van der Waals surface area contributed by atoms with E-state index in [2.05, 4.69) is 59.4 Å². The Bertz CT molecular complexity index is 576. The summed E-state index contributed by atoms with van der Waals surface area (Å²) in [4.78, 5) is 8.94. The van der Waals surface area contributed by atoms with Crippen molar-refractivity contribution < 1.29 is 0 Å². The predicted octanol–water partition coefficient (Wildman–Crippen LogP) is 3.04. The van der Waals surface area contributed by atoms with Crippen LogP contribution in [0.5, 0.6) is 0 Å². The Balaban J connectivity index is 0.00000312. The number of nitrogens with one attached hydrogen (secondary N) is 2. The van der Waals surface area contributed by atoms with Gasteiger partial charge in [-0.1, -0.05) is 17.7 Å². The molecule has 0 saturated carbocycles. The van der Waals surface area contributed by atoms with Crippen LogP contribution in [0, 0.1) is 0 Å². The summed E-state index contributed by atoms with van der Waals surface area (Å²) < 4.78 is 0. The van der Waals surface area contributed by atoms with E-state index < -0.39 is 0 Å². The third-order valence-corrected chi connectivity index (χ3v) is 5.06. The summed E-state index contributed by atoms with van der Waals surface area (Å²) in [6.45, 7) is 7.24. The number of rotatable bonds is 5. The molecule has 0 bridgehead atoms. The van der Waals surface area contributed by atoms with E-state index in [1.165, 1.54) is 5.69 Å². The summed E-state index contributed by atoms with van der Waals surface area (Å²) in [6.07, 6.45) is 1.09. The fourth-order valence-electron chi connectivity index (χ4n) is 2.63. The van der Waals surface area contributed by atoms with Gasteiger partial charge in [0.1, 0.15) is 0 Å². The third kappa shape index (κ3) is 6.49. The molecule has 0 spiro atoms. The number of likely N-dealkylation sites (N-methyl/N-ethyl adjacent to an activating group) is 1. The zero-order chi connectivity index (χ0) is 17.7. The first-order chi connectivity index (χ1) is 11.3. The lowest BCUT2D eigenvalue weighted by atomic mass is 10.0. The Kier molecular flexibility index (Phi) is 8.77. The van der Waals surface area contributed by atoms with E-state index in [1.54, 1.807) is 0 Å². The van der Waals surface area contributed by atoms with Crippen LogP contribution < -0.4 is 15.5 Å². The SMILES string of the molecule is CN=C(NCC(C)(C)N(C)C)NC1CCN(c2cccc(Cl)c2)C1.I. The Hall–Kier alpha value is -0.730. The van der Waals surface area contributed by atoms with Gasteiger partial charge in [0.25, 0.3) is 0 Å². The minimum absolute atomic E-state index is 0. The summed E-state index contributed by atoms with van der Waals surface area (Å²) in [5.41, 5.74) is 1.25. The van der Waals surface area contributed by atoms with Crippen LogP contribution in [0.2, 0.25) is 5.02 Å². The van der Waals surface area contributed by atoms with E-state index in [-0.39, 0.29) is 29.5 Å². The molecule has 0 aromatic heterocycles. The van der Waals surface area contributed by atoms with Gasteiger partial charge in [-0.25, -0.2) is 0 Å². The largest absolute Gasteiger partial charge is 0.369 e. The molecule has 1 aliphatic heterocycles. The van der Waals surface area contributed by atoms with Crippen molar-refractivity contribution in [1.82, 2.24) is 15.5 Å². The molecular formula is C18H31ClIN5. The summed E-state index contributed by atoms with van der Waals surface area (Å²) in [7, 11) is 6.01. The fraction of sp³-hybridized carbons (Fsp3) is 0.611. The van der Waals surface area contributed by atoms with Crippen molar-refractivity contribution >= 4 is 47.2 Å². The van der Waals surface area contributed by atoms with Crippen molar-refractivity contribution in [2.45, 2.75) is 31.8 Å². The van der Waals surface area contributed by atoms with Crippen molar-refractivity contribution in [1.29, 1.82) is 0 Å². The maximum Gasteiger partial charge on any atom is 0.191 e. The molecular weight excluding hydrogens is 449 g/mol. The molecule has 1 heterocycles. The van der Waals surface area contributed by atoms with Crippen LogP contribution in [-0.2, 0) is 0 Å². The maximum atomic E-state index is 6.10. The predicted molar refractivity (Wildman–Crippen MR) is 120 cm³/mol. The van der Waals surface area contributed by atoms with Gasteiger partial charge in [0.05, 0.1) is 0 Å². The number of benzene rings is 1. The lowest BCUT2D eigenvalue weighted by molar-refractivity contribution is 0.197. The number of hydrogen-bond donors (Lipinski definition) is 2. The highest BCUT2D eigenvalue weighted by Gasteiger charge is 2.25. The smallest absolute Gasteiger partial charge is 0.191 e. The monoisotopic (exact) mass is 479 g/mol. The standard InChI is InChI=1S/C18H30ClN5.HI/c1-18(2,23(4)5)13-21-17(20-3)22-15-9-10-24(12-15)16-8-6-7-14(19)11-16;/h6-8,11,15H,9-10,12-13H2,1-5H3,(H2,20,21,22);1H. The van der Waals surface area contributed by atoms with Gasteiger partial charge in [0, 0.05) is 49.0 Å². The van der Waals surface area contributed by atoms with Crippen molar-refractivity contribution in [3.8, 4) is 0 Å². The van der Waals surface area contributed by atoms with Crippen LogP contribution in [0.3, 0.4) is 0 Å². The highest BCUT2D eigenvalue weighted by atomic mass is 127. The molecule has 0 aliphatic carbocycles. The Morgan fingerprint density at radius 3 is 2.72 bits per heavy atom. The van der Waals surface area contributed by atoms with Crippen LogP contribution >= 0.6 is 35.6 Å². The van der Waals surface area contributed by atoms with E-state index in [9.17, 15) is 0 Å². The van der Waals surface area contributed by atoms with Crippen LogP contribution in [0.25, 0.3) is 0 Å². The molecule has 1 aromatic carbocycles. The van der Waals surface area contributed by atoms with E-state index in [0.29, 0.717) is 6.04 Å². The molecule has 1 aliphatic rings. The lowest BCUT2D eigenvalue weighted by Gasteiger charge is -2.33. The topological polar surface area (TPSA) is 42.9 Å². The molecule has 1 unspecified atom stereocenters. The summed E-state index contributed by atoms with van der Waals surface area (Å²) >= 11 is 6.10. The molecule has 0 amide bonds. The molecule has 1 atom stereocenters. The fourth-order valence-corrected chi connectivity index (χ4v) is 2.82. The molecule has 1 saturated heterocycles. The summed E-state index contributed by atoms with van der Waals surface area (Å²) in [5.74, 6) is 0.864. The Morgan fingerprint density at radius 2 is 2.12 bits per heavy atom. The molecule has 25 heavy (non-hydrogen) atoms. The Morgan fingerprint density at radius 1 is 1.40 bits per heavy atom. The molecule has 0 radical (unpaired) electrons. The first-order valence-electron chi connectivity index (χ1n) is 8.47. The summed E-state index contributed by atoms with van der Waals surface area (Å²) in [5, 5.41) is 7.76. The molecule has 1 fully saturated rings. The maximum absolute atomic E-state index is 6.10. The van der Waals surface area contributed by atoms with Crippen molar-refractivity contribution in [2.24, 2.45) is 4.99 Å². The minimum Gasteiger partial charge on any atom is -0.369 e. The highest BCUT2D eigenvalue weighted by Crippen LogP contribution is 2.23. The van der Waals surface area contributed by atoms with E-state index in [0.717, 1.165) is 37.0 Å². The zero-order valence-corrected chi connectivity index (χ0v) is 18.9. The zero-order valence-electron chi connectivity index (χ0n) is 15.8. The minimum atomic E-state index is 0. The van der Waals surface area contributed by atoms with Gasteiger partial charge in [-0.2, -0.15) is 0 Å². The van der Waals surface area contributed by atoms with Gasteiger partial charge < -0.3 is 20.4 Å². The van der Waals surface area contributed by atoms with Crippen LogP contribution in [0.1, 0.15) is 20.3 Å². The molecule has 7 heteroatoms. The lowest BCUT2D eigenvalue weighted by Crippen LogP contribution is -2.52. The van der Waals surface area contributed by atoms with Crippen LogP contribution in [0.4, 0.5) is 5.69 Å². The first-order valence-corrected chi connectivity index (χ1v) is 8.85. The van der Waals surface area contributed by atoms with E-state index in [4.69, 9.17) is 11.6 Å². The van der Waals surface area contributed by atoms with Crippen molar-refractivity contribution in [3.05, 3.63) is 29.3 Å². The number of halogens is 2. The third-order valence-electron chi connectivity index (χ3n) is 4.83. The van der Waals surface area contributed by atoms with Gasteiger partial charge >= 0.3 is 0 Å². The van der Waals surface area contributed by atoms with Gasteiger partial charge in [0.2, 0.25) is 0 Å². The van der Waals surface area contributed by atoms with Gasteiger partial charge in [-0.05, 0) is 52.6 Å².